The molecule has 1 N–H and O–H groups in total. The molecule has 2 nitrogen and oxygen atoms in total. The highest BCUT2D eigenvalue weighted by Gasteiger charge is 2.29. The molecule has 0 aromatic rings. The van der Waals surface area contributed by atoms with Gasteiger partial charge in [0.1, 0.15) is 0 Å². The number of nitrogens with one attached hydrogen (secondary N) is 1. The summed E-state index contributed by atoms with van der Waals surface area (Å²) in [7, 11) is 2.34. The summed E-state index contributed by atoms with van der Waals surface area (Å²) in [5.41, 5.74) is 0. The van der Waals surface area contributed by atoms with Crippen LogP contribution in [0.1, 0.15) is 51.9 Å². The Morgan fingerprint density at radius 1 is 1.19 bits per heavy atom. The second kappa shape index (κ2) is 6.02. The summed E-state index contributed by atoms with van der Waals surface area (Å²) in [6.07, 6.45) is 9.84. The lowest BCUT2D eigenvalue weighted by atomic mass is 9.90. The average molecular weight is 224 g/mol. The summed E-state index contributed by atoms with van der Waals surface area (Å²) < 4.78 is 0. The van der Waals surface area contributed by atoms with Gasteiger partial charge in [-0.2, -0.15) is 0 Å². The van der Waals surface area contributed by atoms with Gasteiger partial charge in [-0.15, -0.1) is 0 Å². The molecule has 2 aliphatic rings. The predicted molar refractivity (Wildman–Crippen MR) is 69.7 cm³/mol. The highest BCUT2D eigenvalue weighted by molar-refractivity contribution is 4.85. The first-order valence-electron chi connectivity index (χ1n) is 7.23. The maximum atomic E-state index is 3.70. The van der Waals surface area contributed by atoms with Crippen LogP contribution >= 0.6 is 0 Å². The topological polar surface area (TPSA) is 15.3 Å². The zero-order valence-corrected chi connectivity index (χ0v) is 11.0. The summed E-state index contributed by atoms with van der Waals surface area (Å²) >= 11 is 0. The molecule has 0 aliphatic heterocycles. The second-order valence-corrected chi connectivity index (χ2v) is 5.85. The number of rotatable bonds is 6. The molecule has 2 aliphatic carbocycles. The van der Waals surface area contributed by atoms with Gasteiger partial charge in [0.15, 0.2) is 0 Å². The van der Waals surface area contributed by atoms with E-state index < -0.39 is 0 Å². The monoisotopic (exact) mass is 224 g/mol. The molecule has 0 radical (unpaired) electrons. The van der Waals surface area contributed by atoms with Crippen LogP contribution in [0.15, 0.2) is 0 Å². The fourth-order valence-electron chi connectivity index (χ4n) is 2.95. The zero-order chi connectivity index (χ0) is 11.4. The van der Waals surface area contributed by atoms with Crippen LogP contribution < -0.4 is 5.32 Å². The normalized spacial score (nSPS) is 30.9. The second-order valence-electron chi connectivity index (χ2n) is 5.85. The molecule has 2 atom stereocenters. The largest absolute Gasteiger partial charge is 0.314 e. The number of hydrogen-bond donors (Lipinski definition) is 1. The minimum atomic E-state index is 0.792. The lowest BCUT2D eigenvalue weighted by Crippen LogP contribution is -2.43. The van der Waals surface area contributed by atoms with E-state index in [4.69, 9.17) is 0 Å². The van der Waals surface area contributed by atoms with Gasteiger partial charge in [0.2, 0.25) is 0 Å². The summed E-state index contributed by atoms with van der Waals surface area (Å²) in [5, 5.41) is 3.70. The van der Waals surface area contributed by atoms with Crippen LogP contribution in [0.4, 0.5) is 0 Å². The van der Waals surface area contributed by atoms with Crippen molar-refractivity contribution in [3.63, 3.8) is 0 Å². The Morgan fingerprint density at radius 3 is 2.69 bits per heavy atom. The molecule has 2 unspecified atom stereocenters. The van der Waals surface area contributed by atoms with Gasteiger partial charge < -0.3 is 10.2 Å². The molecule has 0 aromatic carbocycles. The molecule has 0 amide bonds. The van der Waals surface area contributed by atoms with Crippen molar-refractivity contribution in [3.05, 3.63) is 0 Å². The van der Waals surface area contributed by atoms with Gasteiger partial charge in [0.05, 0.1) is 0 Å². The predicted octanol–water partition coefficient (Wildman–Crippen LogP) is 2.64. The zero-order valence-electron chi connectivity index (χ0n) is 11.0. The minimum Gasteiger partial charge on any atom is -0.314 e. The van der Waals surface area contributed by atoms with E-state index in [1.54, 1.807) is 0 Å². The third kappa shape index (κ3) is 3.74. The van der Waals surface area contributed by atoms with E-state index in [-0.39, 0.29) is 0 Å². The third-order valence-electron chi connectivity index (χ3n) is 4.20. The summed E-state index contributed by atoms with van der Waals surface area (Å²) in [4.78, 5) is 2.64. The van der Waals surface area contributed by atoms with E-state index in [1.165, 1.54) is 58.0 Å². The molecule has 0 aromatic heterocycles. The van der Waals surface area contributed by atoms with Gasteiger partial charge in [-0.3, -0.25) is 0 Å². The molecule has 0 spiro atoms. The summed E-state index contributed by atoms with van der Waals surface area (Å²) in [5.74, 6) is 1.04. The van der Waals surface area contributed by atoms with Crippen molar-refractivity contribution < 1.29 is 0 Å². The maximum Gasteiger partial charge on any atom is 0.0107 e. The maximum absolute atomic E-state index is 3.70. The van der Waals surface area contributed by atoms with E-state index in [9.17, 15) is 0 Å². The van der Waals surface area contributed by atoms with Crippen LogP contribution in [0.3, 0.4) is 0 Å². The SMILES string of the molecule is CCCNC1CCCC(N(C)CC2CC2)C1. The van der Waals surface area contributed by atoms with Crippen molar-refractivity contribution >= 4 is 0 Å². The first kappa shape index (κ1) is 12.4. The van der Waals surface area contributed by atoms with Crippen molar-refractivity contribution in [2.75, 3.05) is 20.1 Å². The Morgan fingerprint density at radius 2 is 2.00 bits per heavy atom. The molecular formula is C14H28N2. The number of hydrogen-bond acceptors (Lipinski definition) is 2. The highest BCUT2D eigenvalue weighted by atomic mass is 15.1. The number of nitrogens with zero attached hydrogens (tertiary/aromatic N) is 1. The van der Waals surface area contributed by atoms with E-state index >= 15 is 0 Å². The molecule has 0 heterocycles. The molecule has 2 fully saturated rings. The van der Waals surface area contributed by atoms with Gasteiger partial charge in [0.25, 0.3) is 0 Å². The van der Waals surface area contributed by atoms with Crippen LogP contribution in [0.25, 0.3) is 0 Å². The van der Waals surface area contributed by atoms with Crippen molar-refractivity contribution in [3.8, 4) is 0 Å². The first-order chi connectivity index (χ1) is 7.79. The third-order valence-corrected chi connectivity index (χ3v) is 4.20. The smallest absolute Gasteiger partial charge is 0.0107 e. The molecule has 16 heavy (non-hydrogen) atoms. The van der Waals surface area contributed by atoms with Crippen molar-refractivity contribution in [2.24, 2.45) is 5.92 Å². The van der Waals surface area contributed by atoms with Crippen LogP contribution in [-0.2, 0) is 0 Å². The van der Waals surface area contributed by atoms with Gasteiger partial charge in [-0.1, -0.05) is 13.3 Å². The Bertz CT molecular complexity index is 201. The van der Waals surface area contributed by atoms with Gasteiger partial charge in [-0.05, 0) is 58.0 Å². The van der Waals surface area contributed by atoms with E-state index in [1.807, 2.05) is 0 Å². The summed E-state index contributed by atoms with van der Waals surface area (Å²) in [6.45, 7) is 4.81. The fourth-order valence-corrected chi connectivity index (χ4v) is 2.95. The Balaban J connectivity index is 1.71. The Kier molecular flexibility index (Phi) is 4.66. The van der Waals surface area contributed by atoms with Crippen molar-refractivity contribution in [1.82, 2.24) is 10.2 Å². The Hall–Kier alpha value is -0.0800. The molecule has 2 rings (SSSR count). The molecule has 2 saturated carbocycles. The van der Waals surface area contributed by atoms with Crippen LogP contribution in [0, 0.1) is 5.92 Å². The molecule has 0 saturated heterocycles. The quantitative estimate of drug-likeness (QED) is 0.746. The summed E-state index contributed by atoms with van der Waals surface area (Å²) in [6, 6.07) is 1.64. The highest BCUT2D eigenvalue weighted by Crippen LogP contribution is 2.31. The standard InChI is InChI=1S/C14H28N2/c1-3-9-15-13-5-4-6-14(10-13)16(2)11-12-7-8-12/h12-15H,3-11H2,1-2H3. The lowest BCUT2D eigenvalue weighted by Gasteiger charge is -2.36. The molecule has 2 heteroatoms. The molecule has 94 valence electrons. The van der Waals surface area contributed by atoms with Crippen molar-refractivity contribution in [2.45, 2.75) is 64.0 Å². The first-order valence-corrected chi connectivity index (χ1v) is 7.23. The molecule has 0 bridgehead atoms. The Labute approximate surface area is 101 Å². The average Bonchev–Trinajstić information content (AvgIpc) is 3.10. The van der Waals surface area contributed by atoms with E-state index in [0.717, 1.165) is 18.0 Å². The van der Waals surface area contributed by atoms with Crippen LogP contribution in [0.5, 0.6) is 0 Å². The van der Waals surface area contributed by atoms with E-state index in [2.05, 4.69) is 24.2 Å². The lowest BCUT2D eigenvalue weighted by molar-refractivity contribution is 0.164. The van der Waals surface area contributed by atoms with Crippen LogP contribution in [-0.4, -0.2) is 37.1 Å². The van der Waals surface area contributed by atoms with Crippen LogP contribution in [0.2, 0.25) is 0 Å². The van der Waals surface area contributed by atoms with E-state index in [0.29, 0.717) is 0 Å². The van der Waals surface area contributed by atoms with Gasteiger partial charge in [-0.25, -0.2) is 0 Å². The minimum absolute atomic E-state index is 0.792. The molecular weight excluding hydrogens is 196 g/mol. The van der Waals surface area contributed by atoms with Crippen molar-refractivity contribution in [1.29, 1.82) is 0 Å². The van der Waals surface area contributed by atoms with Gasteiger partial charge >= 0.3 is 0 Å². The van der Waals surface area contributed by atoms with Gasteiger partial charge in [0, 0.05) is 18.6 Å². The fraction of sp³-hybridized carbons (Fsp3) is 1.00.